The van der Waals surface area contributed by atoms with Crippen molar-refractivity contribution in [1.82, 2.24) is 4.90 Å². The minimum atomic E-state index is 0.679. The van der Waals surface area contributed by atoms with E-state index in [1.54, 1.807) is 13.1 Å². The van der Waals surface area contributed by atoms with Crippen molar-refractivity contribution in [2.24, 2.45) is 0 Å². The van der Waals surface area contributed by atoms with E-state index >= 15 is 0 Å². The summed E-state index contributed by atoms with van der Waals surface area (Å²) < 4.78 is 0. The first-order valence-electron chi connectivity index (χ1n) is 4.11. The van der Waals surface area contributed by atoms with Crippen molar-refractivity contribution in [2.45, 2.75) is 13.8 Å². The molecule has 0 amide bonds. The minimum absolute atomic E-state index is 0.679. The Labute approximate surface area is 78.5 Å². The normalized spacial score (nSPS) is 17.4. The number of carbonyl (C=O) groups is 1. The number of nitrogens with zero attached hydrogens (tertiary/aromatic N) is 1. The van der Waals surface area contributed by atoms with Crippen LogP contribution in [0.3, 0.4) is 0 Å². The summed E-state index contributed by atoms with van der Waals surface area (Å²) in [4.78, 5) is 12.2. The molecule has 0 radical (unpaired) electrons. The van der Waals surface area contributed by atoms with Crippen LogP contribution in [0, 0.1) is 0 Å². The molecule has 0 fully saturated rings. The first kappa shape index (κ1) is 9.52. The van der Waals surface area contributed by atoms with Crippen LogP contribution >= 0.6 is 0 Å². The molecule has 0 bridgehead atoms. The first-order valence-corrected chi connectivity index (χ1v) is 4.11. The second kappa shape index (κ2) is 3.90. The first-order chi connectivity index (χ1) is 6.13. The van der Waals surface area contributed by atoms with Crippen LogP contribution in [0.1, 0.15) is 13.8 Å². The molecule has 0 saturated heterocycles. The fraction of sp³-hybridized carbons (Fsp3) is 0.182. The second-order valence-corrected chi connectivity index (χ2v) is 3.09. The third kappa shape index (κ3) is 2.44. The third-order valence-corrected chi connectivity index (χ3v) is 1.75. The Hall–Kier alpha value is -1.57. The predicted octanol–water partition coefficient (Wildman–Crippen LogP) is 2.38. The monoisotopic (exact) mass is 175 g/mol. The fourth-order valence-electron chi connectivity index (χ4n) is 1.05. The Morgan fingerprint density at radius 3 is 2.85 bits per heavy atom. The molecule has 0 aromatic carbocycles. The molecule has 0 aromatic heterocycles. The van der Waals surface area contributed by atoms with Gasteiger partial charge in [0.1, 0.15) is 6.29 Å². The van der Waals surface area contributed by atoms with Gasteiger partial charge in [0.2, 0.25) is 0 Å². The molecule has 1 heterocycles. The summed E-state index contributed by atoms with van der Waals surface area (Å²) in [5, 5.41) is 0. The molecule has 0 aliphatic carbocycles. The number of aldehydes is 1. The zero-order valence-electron chi connectivity index (χ0n) is 7.95. The van der Waals surface area contributed by atoms with Gasteiger partial charge in [0.15, 0.2) is 0 Å². The Bertz CT molecular complexity index is 321. The second-order valence-electron chi connectivity index (χ2n) is 3.09. The number of hydrogen-bond acceptors (Lipinski definition) is 2. The SMILES string of the molecule is C=C1C=C(C)C=CN1/C=C(\C)C=O. The van der Waals surface area contributed by atoms with E-state index in [4.69, 9.17) is 0 Å². The Balaban J connectivity index is 2.82. The highest BCUT2D eigenvalue weighted by Crippen LogP contribution is 2.15. The van der Waals surface area contributed by atoms with Gasteiger partial charge >= 0.3 is 0 Å². The fourth-order valence-corrected chi connectivity index (χ4v) is 1.05. The summed E-state index contributed by atoms with van der Waals surface area (Å²) in [5.74, 6) is 0. The molecule has 1 rings (SSSR count). The van der Waals surface area contributed by atoms with E-state index in [1.807, 2.05) is 30.2 Å². The van der Waals surface area contributed by atoms with Crippen molar-refractivity contribution in [3.05, 3.63) is 48.0 Å². The molecule has 0 unspecified atom stereocenters. The van der Waals surface area contributed by atoms with Gasteiger partial charge in [0.25, 0.3) is 0 Å². The maximum Gasteiger partial charge on any atom is 0.147 e. The highest BCUT2D eigenvalue weighted by molar-refractivity contribution is 5.72. The van der Waals surface area contributed by atoms with Gasteiger partial charge in [0, 0.05) is 23.7 Å². The van der Waals surface area contributed by atoms with Crippen molar-refractivity contribution in [3.63, 3.8) is 0 Å². The summed E-state index contributed by atoms with van der Waals surface area (Å²) in [5.41, 5.74) is 2.72. The molecule has 0 aromatic rings. The van der Waals surface area contributed by atoms with Crippen LogP contribution in [0.2, 0.25) is 0 Å². The van der Waals surface area contributed by atoms with E-state index in [1.165, 1.54) is 5.57 Å². The number of rotatable bonds is 2. The summed E-state index contributed by atoms with van der Waals surface area (Å²) in [6.07, 6.45) is 8.42. The number of carbonyl (C=O) groups excluding carboxylic acids is 1. The molecule has 13 heavy (non-hydrogen) atoms. The maximum atomic E-state index is 10.4. The summed E-state index contributed by atoms with van der Waals surface area (Å²) in [6, 6.07) is 0. The van der Waals surface area contributed by atoms with Gasteiger partial charge in [-0.1, -0.05) is 6.58 Å². The molecule has 2 heteroatoms. The Morgan fingerprint density at radius 2 is 2.31 bits per heavy atom. The molecule has 0 saturated carbocycles. The maximum absolute atomic E-state index is 10.4. The van der Waals surface area contributed by atoms with Gasteiger partial charge in [-0.2, -0.15) is 0 Å². The molecule has 68 valence electrons. The summed E-state index contributed by atoms with van der Waals surface area (Å²) >= 11 is 0. The lowest BCUT2D eigenvalue weighted by Crippen LogP contribution is -2.10. The molecule has 2 nitrogen and oxygen atoms in total. The van der Waals surface area contributed by atoms with Crippen molar-refractivity contribution < 1.29 is 4.79 Å². The highest BCUT2D eigenvalue weighted by Gasteiger charge is 2.03. The third-order valence-electron chi connectivity index (χ3n) is 1.75. The molecule has 1 aliphatic heterocycles. The van der Waals surface area contributed by atoms with E-state index in [0.717, 1.165) is 12.0 Å². The van der Waals surface area contributed by atoms with Crippen molar-refractivity contribution in [3.8, 4) is 0 Å². The van der Waals surface area contributed by atoms with Crippen molar-refractivity contribution in [2.75, 3.05) is 0 Å². The van der Waals surface area contributed by atoms with Crippen LogP contribution in [0.5, 0.6) is 0 Å². The standard InChI is InChI=1S/C11H13NO/c1-9-4-5-12(11(3)6-9)7-10(2)8-13/h4-8H,3H2,1-2H3/b10-7+. The smallest absolute Gasteiger partial charge is 0.147 e. The number of allylic oxidation sites excluding steroid dienone is 4. The zero-order valence-corrected chi connectivity index (χ0v) is 7.95. The van der Waals surface area contributed by atoms with E-state index in [-0.39, 0.29) is 0 Å². The lowest BCUT2D eigenvalue weighted by molar-refractivity contribution is -0.104. The lowest BCUT2D eigenvalue weighted by Gasteiger charge is -2.20. The molecule has 0 spiro atoms. The van der Waals surface area contributed by atoms with Crippen LogP contribution in [0.15, 0.2) is 48.0 Å². The molecule has 0 atom stereocenters. The van der Waals surface area contributed by atoms with Crippen LogP contribution in [0.4, 0.5) is 0 Å². The van der Waals surface area contributed by atoms with Crippen LogP contribution in [-0.4, -0.2) is 11.2 Å². The van der Waals surface area contributed by atoms with Gasteiger partial charge in [-0.15, -0.1) is 0 Å². The van der Waals surface area contributed by atoms with Gasteiger partial charge in [-0.3, -0.25) is 4.79 Å². The van der Waals surface area contributed by atoms with Crippen LogP contribution in [0.25, 0.3) is 0 Å². The predicted molar refractivity (Wildman–Crippen MR) is 53.7 cm³/mol. The zero-order chi connectivity index (χ0) is 9.84. The van der Waals surface area contributed by atoms with E-state index < -0.39 is 0 Å². The van der Waals surface area contributed by atoms with Gasteiger partial charge in [-0.25, -0.2) is 0 Å². The average Bonchev–Trinajstić information content (AvgIpc) is 2.09. The molecule has 1 aliphatic rings. The quantitative estimate of drug-likeness (QED) is 0.474. The summed E-state index contributed by atoms with van der Waals surface area (Å²) in [7, 11) is 0. The largest absolute Gasteiger partial charge is 0.324 e. The molecular weight excluding hydrogens is 162 g/mol. The topological polar surface area (TPSA) is 20.3 Å². The van der Waals surface area contributed by atoms with E-state index in [2.05, 4.69) is 6.58 Å². The van der Waals surface area contributed by atoms with Crippen LogP contribution in [-0.2, 0) is 4.79 Å². The average molecular weight is 175 g/mol. The Kier molecular flexibility index (Phi) is 2.85. The highest BCUT2D eigenvalue weighted by atomic mass is 16.1. The van der Waals surface area contributed by atoms with Gasteiger partial charge in [-0.05, 0) is 31.6 Å². The van der Waals surface area contributed by atoms with E-state index in [0.29, 0.717) is 5.57 Å². The van der Waals surface area contributed by atoms with Crippen molar-refractivity contribution in [1.29, 1.82) is 0 Å². The lowest BCUT2D eigenvalue weighted by atomic mass is 10.2. The summed E-state index contributed by atoms with van der Waals surface area (Å²) in [6.45, 7) is 7.64. The van der Waals surface area contributed by atoms with Crippen molar-refractivity contribution >= 4 is 6.29 Å². The van der Waals surface area contributed by atoms with Gasteiger partial charge < -0.3 is 4.90 Å². The molecular formula is C11H13NO. The molecule has 0 N–H and O–H groups in total. The Morgan fingerprint density at radius 1 is 1.62 bits per heavy atom. The van der Waals surface area contributed by atoms with E-state index in [9.17, 15) is 4.79 Å². The van der Waals surface area contributed by atoms with Gasteiger partial charge in [0.05, 0.1) is 0 Å². The number of hydrogen-bond donors (Lipinski definition) is 0. The van der Waals surface area contributed by atoms with Crippen LogP contribution < -0.4 is 0 Å². The minimum Gasteiger partial charge on any atom is -0.324 e.